The van der Waals surface area contributed by atoms with Gasteiger partial charge in [0.1, 0.15) is 0 Å². The van der Waals surface area contributed by atoms with Crippen molar-refractivity contribution in [3.05, 3.63) is 22.4 Å². The monoisotopic (exact) mass is 315 g/mol. The van der Waals surface area contributed by atoms with Gasteiger partial charge in [-0.1, -0.05) is 35.7 Å². The molecule has 0 radical (unpaired) electrons. The lowest BCUT2D eigenvalue weighted by Gasteiger charge is -2.39. The van der Waals surface area contributed by atoms with Crippen LogP contribution in [0.1, 0.15) is 43.0 Å². The Hall–Kier alpha value is -0.350. The number of halogens is 1. The molecule has 17 heavy (non-hydrogen) atoms. The van der Waals surface area contributed by atoms with Gasteiger partial charge in [-0.25, -0.2) is 0 Å². The van der Waals surface area contributed by atoms with Crippen LogP contribution in [-0.2, 0) is 0 Å². The standard InChI is InChI=1S/C13H18BrNOS/c1-10-3-2-5-13(7-10,9-14)15-12(16)11-4-6-17-8-11/h4,6,8,10H,2-3,5,7,9H2,1H3,(H,15,16). The van der Waals surface area contributed by atoms with Crippen molar-refractivity contribution in [2.75, 3.05) is 5.33 Å². The fourth-order valence-corrected chi connectivity index (χ4v) is 3.92. The van der Waals surface area contributed by atoms with Gasteiger partial charge in [0, 0.05) is 10.7 Å². The molecular weight excluding hydrogens is 298 g/mol. The summed E-state index contributed by atoms with van der Waals surface area (Å²) >= 11 is 5.14. The highest BCUT2D eigenvalue weighted by atomic mass is 79.9. The maximum Gasteiger partial charge on any atom is 0.252 e. The van der Waals surface area contributed by atoms with Gasteiger partial charge in [0.05, 0.1) is 11.1 Å². The lowest BCUT2D eigenvalue weighted by molar-refractivity contribution is 0.0870. The molecule has 1 aliphatic rings. The fraction of sp³-hybridized carbons (Fsp3) is 0.615. The molecule has 2 nitrogen and oxygen atoms in total. The first-order chi connectivity index (χ1) is 8.15. The first-order valence-electron chi connectivity index (χ1n) is 6.06. The van der Waals surface area contributed by atoms with Crippen molar-refractivity contribution in [1.82, 2.24) is 5.32 Å². The van der Waals surface area contributed by atoms with Crippen LogP contribution in [0.2, 0.25) is 0 Å². The van der Waals surface area contributed by atoms with E-state index in [1.54, 1.807) is 11.3 Å². The van der Waals surface area contributed by atoms with Crippen molar-refractivity contribution in [1.29, 1.82) is 0 Å². The Bertz CT molecular complexity index is 379. The Morgan fingerprint density at radius 1 is 1.71 bits per heavy atom. The van der Waals surface area contributed by atoms with Crippen LogP contribution < -0.4 is 5.32 Å². The van der Waals surface area contributed by atoms with Gasteiger partial charge >= 0.3 is 0 Å². The van der Waals surface area contributed by atoms with E-state index in [-0.39, 0.29) is 11.4 Å². The molecule has 0 aliphatic heterocycles. The van der Waals surface area contributed by atoms with Gasteiger partial charge in [-0.2, -0.15) is 11.3 Å². The summed E-state index contributed by atoms with van der Waals surface area (Å²) in [5.74, 6) is 0.767. The molecule has 1 amide bonds. The summed E-state index contributed by atoms with van der Waals surface area (Å²) in [4.78, 5) is 12.1. The molecule has 94 valence electrons. The van der Waals surface area contributed by atoms with Crippen LogP contribution in [0, 0.1) is 5.92 Å². The van der Waals surface area contributed by atoms with Gasteiger partial charge in [-0.05, 0) is 30.2 Å². The Morgan fingerprint density at radius 3 is 3.12 bits per heavy atom. The number of carbonyl (C=O) groups excluding carboxylic acids is 1. The van der Waals surface area contributed by atoms with Crippen molar-refractivity contribution in [2.24, 2.45) is 5.92 Å². The van der Waals surface area contributed by atoms with Crippen LogP contribution in [0.4, 0.5) is 0 Å². The summed E-state index contributed by atoms with van der Waals surface area (Å²) in [5, 5.41) is 7.93. The number of carbonyl (C=O) groups is 1. The van der Waals surface area contributed by atoms with Crippen molar-refractivity contribution < 1.29 is 4.79 Å². The highest BCUT2D eigenvalue weighted by Gasteiger charge is 2.35. The van der Waals surface area contributed by atoms with Crippen LogP contribution in [0.3, 0.4) is 0 Å². The second kappa shape index (κ2) is 5.53. The molecule has 2 atom stereocenters. The zero-order valence-corrected chi connectivity index (χ0v) is 12.4. The van der Waals surface area contributed by atoms with Crippen LogP contribution in [0.15, 0.2) is 16.8 Å². The van der Waals surface area contributed by atoms with Crippen molar-refractivity contribution in [2.45, 2.75) is 38.1 Å². The van der Waals surface area contributed by atoms with Crippen molar-refractivity contribution in [3.8, 4) is 0 Å². The molecule has 1 fully saturated rings. The molecule has 0 aromatic carbocycles. The van der Waals surface area contributed by atoms with Crippen LogP contribution in [-0.4, -0.2) is 16.8 Å². The van der Waals surface area contributed by atoms with E-state index in [1.807, 2.05) is 16.8 Å². The molecular formula is C13H18BrNOS. The van der Waals surface area contributed by atoms with Crippen molar-refractivity contribution >= 4 is 33.2 Å². The Balaban J connectivity index is 2.06. The lowest BCUT2D eigenvalue weighted by Crippen LogP contribution is -2.52. The number of hydrogen-bond donors (Lipinski definition) is 1. The van der Waals surface area contributed by atoms with E-state index >= 15 is 0 Å². The molecule has 1 heterocycles. The SMILES string of the molecule is CC1CCCC(CBr)(NC(=O)c2ccsc2)C1. The maximum absolute atomic E-state index is 12.1. The van der Waals surface area contributed by atoms with E-state index in [2.05, 4.69) is 28.2 Å². The average molecular weight is 316 g/mol. The summed E-state index contributed by atoms with van der Waals surface area (Å²) in [6.45, 7) is 2.27. The number of rotatable bonds is 3. The number of thiophene rings is 1. The molecule has 1 aromatic rings. The smallest absolute Gasteiger partial charge is 0.252 e. The molecule has 0 bridgehead atoms. The first-order valence-corrected chi connectivity index (χ1v) is 8.12. The zero-order valence-electron chi connectivity index (χ0n) is 10.0. The van der Waals surface area contributed by atoms with Crippen LogP contribution in [0.25, 0.3) is 0 Å². The van der Waals surface area contributed by atoms with E-state index < -0.39 is 0 Å². The summed E-state index contributed by atoms with van der Waals surface area (Å²) < 4.78 is 0. The topological polar surface area (TPSA) is 29.1 Å². The normalized spacial score (nSPS) is 28.9. The minimum atomic E-state index is -0.0450. The largest absolute Gasteiger partial charge is 0.346 e. The molecule has 1 aromatic heterocycles. The minimum absolute atomic E-state index is 0.0450. The van der Waals surface area contributed by atoms with E-state index in [9.17, 15) is 4.79 Å². The average Bonchev–Trinajstić information content (AvgIpc) is 2.82. The predicted octanol–water partition coefficient (Wildman–Crippen LogP) is 3.82. The van der Waals surface area contributed by atoms with Crippen molar-refractivity contribution in [3.63, 3.8) is 0 Å². The molecule has 0 saturated heterocycles. The molecule has 1 aliphatic carbocycles. The third-order valence-corrected chi connectivity index (χ3v) is 5.27. The molecule has 1 saturated carbocycles. The van der Waals surface area contributed by atoms with Crippen LogP contribution >= 0.6 is 27.3 Å². The summed E-state index contributed by atoms with van der Waals surface area (Å²) in [6.07, 6.45) is 4.65. The van der Waals surface area contributed by atoms with E-state index in [0.29, 0.717) is 5.92 Å². The quantitative estimate of drug-likeness (QED) is 0.844. The van der Waals surface area contributed by atoms with E-state index in [1.165, 1.54) is 12.8 Å². The van der Waals surface area contributed by atoms with Gasteiger partial charge in [0.2, 0.25) is 0 Å². The fourth-order valence-electron chi connectivity index (χ4n) is 2.64. The maximum atomic E-state index is 12.1. The van der Waals surface area contributed by atoms with E-state index in [0.717, 1.165) is 23.7 Å². The molecule has 2 rings (SSSR count). The molecule has 4 heteroatoms. The third kappa shape index (κ3) is 3.10. The predicted molar refractivity (Wildman–Crippen MR) is 75.9 cm³/mol. The number of hydrogen-bond acceptors (Lipinski definition) is 2. The zero-order chi connectivity index (χ0) is 12.3. The van der Waals surface area contributed by atoms with Gasteiger partial charge in [-0.15, -0.1) is 0 Å². The lowest BCUT2D eigenvalue weighted by atomic mass is 9.77. The van der Waals surface area contributed by atoms with Gasteiger partial charge in [-0.3, -0.25) is 4.79 Å². The van der Waals surface area contributed by atoms with Gasteiger partial charge in [0.25, 0.3) is 5.91 Å². The second-order valence-corrected chi connectivity index (χ2v) is 6.42. The Morgan fingerprint density at radius 2 is 2.53 bits per heavy atom. The summed E-state index contributed by atoms with van der Waals surface area (Å²) in [5.41, 5.74) is 0.741. The first kappa shape index (κ1) is 13.1. The molecule has 0 spiro atoms. The van der Waals surface area contributed by atoms with Gasteiger partial charge < -0.3 is 5.32 Å². The van der Waals surface area contributed by atoms with Gasteiger partial charge in [0.15, 0.2) is 0 Å². The number of alkyl halides is 1. The van der Waals surface area contributed by atoms with E-state index in [4.69, 9.17) is 0 Å². The Labute approximate surface area is 115 Å². The summed E-state index contributed by atoms with van der Waals surface area (Å²) in [7, 11) is 0. The molecule has 1 N–H and O–H groups in total. The highest BCUT2D eigenvalue weighted by Crippen LogP contribution is 2.33. The van der Waals surface area contributed by atoms with Crippen LogP contribution in [0.5, 0.6) is 0 Å². The second-order valence-electron chi connectivity index (χ2n) is 5.08. The number of amides is 1. The molecule has 2 unspecified atom stereocenters. The highest BCUT2D eigenvalue weighted by molar-refractivity contribution is 9.09. The Kier molecular flexibility index (Phi) is 4.26. The number of nitrogens with one attached hydrogen (secondary N) is 1. The summed E-state index contributed by atoms with van der Waals surface area (Å²) in [6, 6.07) is 1.88. The minimum Gasteiger partial charge on any atom is -0.346 e. The third-order valence-electron chi connectivity index (χ3n) is 3.51.